The van der Waals surface area contributed by atoms with Crippen molar-refractivity contribution >= 4 is 34.0 Å². The van der Waals surface area contributed by atoms with Gasteiger partial charge in [-0.25, -0.2) is 0 Å². The Morgan fingerprint density at radius 1 is 1.19 bits per heavy atom. The van der Waals surface area contributed by atoms with E-state index in [1.54, 1.807) is 7.05 Å². The highest BCUT2D eigenvalue weighted by molar-refractivity contribution is 7.84. The lowest BCUT2D eigenvalue weighted by molar-refractivity contribution is -0.137. The van der Waals surface area contributed by atoms with Gasteiger partial charge < -0.3 is 0 Å². The van der Waals surface area contributed by atoms with Crippen LogP contribution in [0.25, 0.3) is 11.3 Å². The van der Waals surface area contributed by atoms with E-state index in [0.29, 0.717) is 10.7 Å². The van der Waals surface area contributed by atoms with Crippen LogP contribution in [0.1, 0.15) is 5.56 Å². The van der Waals surface area contributed by atoms with Crippen LogP contribution >= 0.6 is 23.2 Å². The molecule has 114 valence electrons. The van der Waals surface area contributed by atoms with Gasteiger partial charge in [-0.15, -0.1) is 0 Å². The van der Waals surface area contributed by atoms with E-state index in [2.05, 4.69) is 5.10 Å². The molecule has 0 bridgehead atoms. The van der Waals surface area contributed by atoms with Gasteiger partial charge in [0.25, 0.3) is 0 Å². The second-order valence-corrected chi connectivity index (χ2v) is 6.40. The summed E-state index contributed by atoms with van der Waals surface area (Å²) >= 11 is 11.9. The quantitative estimate of drug-likeness (QED) is 0.809. The molecule has 2 aromatic rings. The molecule has 0 aliphatic carbocycles. The van der Waals surface area contributed by atoms with Gasteiger partial charge in [-0.3, -0.25) is 8.89 Å². The number of aryl methyl sites for hydroxylation is 1. The van der Waals surface area contributed by atoms with Crippen LogP contribution < -0.4 is 0 Å². The summed E-state index contributed by atoms with van der Waals surface area (Å²) in [6, 6.07) is 3.09. The van der Waals surface area contributed by atoms with Gasteiger partial charge in [-0.05, 0) is 12.1 Å². The molecule has 0 amide bonds. The Morgan fingerprint density at radius 3 is 2.10 bits per heavy atom. The summed E-state index contributed by atoms with van der Waals surface area (Å²) < 4.78 is 50.9. The summed E-state index contributed by atoms with van der Waals surface area (Å²) in [6.07, 6.45) is -3.09. The van der Waals surface area contributed by atoms with Crippen LogP contribution in [-0.4, -0.2) is 20.2 Å². The molecule has 0 aliphatic rings. The molecule has 9 heteroatoms. The molecular weight excluding hydrogens is 348 g/mol. The van der Waals surface area contributed by atoms with E-state index in [-0.39, 0.29) is 15.6 Å². The predicted molar refractivity (Wildman–Crippen MR) is 76.0 cm³/mol. The lowest BCUT2D eigenvalue weighted by Crippen LogP contribution is -2.05. The zero-order chi connectivity index (χ0) is 15.9. The van der Waals surface area contributed by atoms with Crippen molar-refractivity contribution < 1.29 is 17.4 Å². The normalized spacial score (nSPS) is 13.5. The van der Waals surface area contributed by atoms with E-state index in [1.807, 2.05) is 0 Å². The van der Waals surface area contributed by atoms with Gasteiger partial charge in [0.05, 0.1) is 32.1 Å². The fraction of sp³-hybridized carbons (Fsp3) is 0.250. The molecule has 1 aromatic heterocycles. The maximum atomic E-state index is 12.7. The van der Waals surface area contributed by atoms with Crippen molar-refractivity contribution in [3.63, 3.8) is 0 Å². The molecule has 2 rings (SSSR count). The number of rotatable bonds is 2. The first kappa shape index (κ1) is 16.3. The third-order valence-corrected chi connectivity index (χ3v) is 4.16. The second-order valence-electron chi connectivity index (χ2n) is 4.26. The monoisotopic (exact) mass is 356 g/mol. The van der Waals surface area contributed by atoms with Crippen molar-refractivity contribution in [1.29, 1.82) is 0 Å². The fourth-order valence-electron chi connectivity index (χ4n) is 1.80. The Kier molecular flexibility index (Phi) is 4.37. The highest BCUT2D eigenvalue weighted by Gasteiger charge is 2.32. The SMILES string of the molecule is Cn1nc(S(C)=O)cc1-c1c(Cl)cc(C(F)(F)F)cc1Cl. The van der Waals surface area contributed by atoms with Crippen molar-refractivity contribution in [3.8, 4) is 11.3 Å². The van der Waals surface area contributed by atoms with Gasteiger partial charge in [0.1, 0.15) is 5.03 Å². The van der Waals surface area contributed by atoms with E-state index < -0.39 is 22.5 Å². The topological polar surface area (TPSA) is 34.9 Å². The van der Waals surface area contributed by atoms with Crippen LogP contribution in [0.15, 0.2) is 23.2 Å². The van der Waals surface area contributed by atoms with Gasteiger partial charge in [-0.2, -0.15) is 18.3 Å². The minimum atomic E-state index is -4.53. The number of aromatic nitrogens is 2. The number of nitrogens with zero attached hydrogens (tertiary/aromatic N) is 2. The molecule has 21 heavy (non-hydrogen) atoms. The highest BCUT2D eigenvalue weighted by atomic mass is 35.5. The molecule has 0 spiro atoms. The molecule has 0 fully saturated rings. The van der Waals surface area contributed by atoms with Crippen molar-refractivity contribution in [2.24, 2.45) is 7.05 Å². The Morgan fingerprint density at radius 2 is 1.71 bits per heavy atom. The van der Waals surface area contributed by atoms with Crippen LogP contribution in [0, 0.1) is 0 Å². The molecule has 0 radical (unpaired) electrons. The van der Waals surface area contributed by atoms with E-state index in [4.69, 9.17) is 23.2 Å². The Balaban J connectivity index is 2.63. The third-order valence-electron chi connectivity index (χ3n) is 2.78. The van der Waals surface area contributed by atoms with Gasteiger partial charge in [0.15, 0.2) is 0 Å². The molecule has 0 aliphatic heterocycles. The molecule has 0 saturated carbocycles. The lowest BCUT2D eigenvalue weighted by atomic mass is 10.1. The summed E-state index contributed by atoms with van der Waals surface area (Å²) in [6.45, 7) is 0. The first-order valence-corrected chi connectivity index (χ1v) is 7.86. The van der Waals surface area contributed by atoms with Crippen LogP contribution in [-0.2, 0) is 24.0 Å². The second kappa shape index (κ2) is 5.62. The van der Waals surface area contributed by atoms with E-state index >= 15 is 0 Å². The summed E-state index contributed by atoms with van der Waals surface area (Å²) in [5.41, 5.74) is -0.315. The number of halogens is 5. The van der Waals surface area contributed by atoms with Crippen molar-refractivity contribution in [2.45, 2.75) is 11.2 Å². The lowest BCUT2D eigenvalue weighted by Gasteiger charge is -2.12. The molecule has 0 N–H and O–H groups in total. The Labute approximate surface area is 131 Å². The van der Waals surface area contributed by atoms with E-state index in [9.17, 15) is 17.4 Å². The van der Waals surface area contributed by atoms with Gasteiger partial charge in [0.2, 0.25) is 0 Å². The number of hydrogen-bond donors (Lipinski definition) is 0. The summed E-state index contributed by atoms with van der Waals surface area (Å²) in [7, 11) is 0.244. The van der Waals surface area contributed by atoms with Crippen LogP contribution in [0.5, 0.6) is 0 Å². The maximum Gasteiger partial charge on any atom is 0.416 e. The average molecular weight is 357 g/mol. The predicted octanol–water partition coefficient (Wildman–Crippen LogP) is 4.15. The molecular formula is C12H9Cl2F3N2OS. The molecule has 0 saturated heterocycles. The molecule has 1 heterocycles. The van der Waals surface area contributed by atoms with Crippen molar-refractivity contribution in [1.82, 2.24) is 9.78 Å². The Bertz CT molecular complexity index is 705. The van der Waals surface area contributed by atoms with Crippen molar-refractivity contribution in [3.05, 3.63) is 33.8 Å². The van der Waals surface area contributed by atoms with Crippen molar-refractivity contribution in [2.75, 3.05) is 6.26 Å². The largest absolute Gasteiger partial charge is 0.416 e. The minimum Gasteiger partial charge on any atom is -0.267 e. The van der Waals surface area contributed by atoms with E-state index in [1.165, 1.54) is 17.0 Å². The van der Waals surface area contributed by atoms with Gasteiger partial charge in [-0.1, -0.05) is 23.2 Å². The standard InChI is InChI=1S/C12H9Cl2F3N2OS/c1-19-9(5-10(18-19)21(2)20)11-7(13)3-6(4-8(11)14)12(15,16)17/h3-5H,1-2H3. The number of benzene rings is 1. The highest BCUT2D eigenvalue weighted by Crippen LogP contribution is 2.40. The average Bonchev–Trinajstić information content (AvgIpc) is 2.69. The van der Waals surface area contributed by atoms with Gasteiger partial charge in [0, 0.05) is 24.9 Å². The fourth-order valence-corrected chi connectivity index (χ4v) is 2.99. The zero-order valence-electron chi connectivity index (χ0n) is 10.8. The summed E-state index contributed by atoms with van der Waals surface area (Å²) in [4.78, 5) is 0. The zero-order valence-corrected chi connectivity index (χ0v) is 13.2. The first-order chi connectivity index (χ1) is 9.61. The van der Waals surface area contributed by atoms with Crippen LogP contribution in [0.2, 0.25) is 10.0 Å². The summed E-state index contributed by atoms with van der Waals surface area (Å²) in [5, 5.41) is 4.01. The first-order valence-electron chi connectivity index (χ1n) is 5.55. The third kappa shape index (κ3) is 3.25. The molecule has 1 atom stereocenters. The number of hydrogen-bond acceptors (Lipinski definition) is 2. The van der Waals surface area contributed by atoms with Crippen LogP contribution in [0.4, 0.5) is 13.2 Å². The number of alkyl halides is 3. The van der Waals surface area contributed by atoms with Crippen LogP contribution in [0.3, 0.4) is 0 Å². The summed E-state index contributed by atoms with van der Waals surface area (Å²) in [5.74, 6) is 0. The minimum absolute atomic E-state index is 0.147. The van der Waals surface area contributed by atoms with E-state index in [0.717, 1.165) is 12.1 Å². The Hall–Kier alpha value is -1.05. The smallest absolute Gasteiger partial charge is 0.267 e. The maximum absolute atomic E-state index is 12.7. The van der Waals surface area contributed by atoms with Gasteiger partial charge >= 0.3 is 6.18 Å². The molecule has 1 unspecified atom stereocenters. The molecule has 1 aromatic carbocycles. The molecule has 3 nitrogen and oxygen atoms in total.